The van der Waals surface area contributed by atoms with Gasteiger partial charge in [-0.15, -0.1) is 0 Å². The molecule has 0 atom stereocenters. The molecule has 0 rings (SSSR count). The van der Waals surface area contributed by atoms with Crippen LogP contribution < -0.4 is 0 Å². The predicted octanol–water partition coefficient (Wildman–Crippen LogP) is 0.999. The van der Waals surface area contributed by atoms with E-state index in [1.54, 1.807) is 0 Å². The third kappa shape index (κ3) is 4.86. The lowest BCUT2D eigenvalue weighted by Crippen LogP contribution is -1.69. The Morgan fingerprint density at radius 2 is 1.60 bits per heavy atom. The Labute approximate surface area is 39.9 Å². The first-order valence-electron chi connectivity index (χ1n) is 1.50. The zero-order valence-electron chi connectivity index (χ0n) is 3.50. The van der Waals surface area contributed by atoms with Crippen LogP contribution in [0.5, 0.6) is 0 Å². The van der Waals surface area contributed by atoms with E-state index in [0.717, 1.165) is 0 Å². The Morgan fingerprint density at radius 3 is 1.60 bits per heavy atom. The molecular formula is C2H7PSi2. The van der Waals surface area contributed by atoms with E-state index < -0.39 is 0 Å². The summed E-state index contributed by atoms with van der Waals surface area (Å²) in [4.78, 5) is 0. The van der Waals surface area contributed by atoms with Crippen molar-refractivity contribution in [3.8, 4) is 0 Å². The van der Waals surface area contributed by atoms with Gasteiger partial charge in [-0.05, 0) is 0 Å². The van der Waals surface area contributed by atoms with Gasteiger partial charge >= 0.3 is 0 Å². The first-order valence-corrected chi connectivity index (χ1v) is 7.50. The lowest BCUT2D eigenvalue weighted by atomic mass is 11.9. The van der Waals surface area contributed by atoms with Crippen molar-refractivity contribution in [2.45, 2.75) is 13.1 Å². The van der Waals surface area contributed by atoms with Crippen molar-refractivity contribution in [2.75, 3.05) is 0 Å². The zero-order chi connectivity index (χ0) is 4.12. The van der Waals surface area contributed by atoms with Crippen LogP contribution in [-0.4, -0.2) is 18.4 Å². The summed E-state index contributed by atoms with van der Waals surface area (Å²) in [6.45, 7) is 4.52. The molecule has 0 fully saturated rings. The molecule has 0 aliphatic heterocycles. The van der Waals surface area contributed by atoms with Crippen LogP contribution >= 0.6 is 7.68 Å². The first kappa shape index (κ1) is 5.86. The monoisotopic (exact) mass is 118 g/mol. The van der Waals surface area contributed by atoms with Crippen LogP contribution in [0.3, 0.4) is 0 Å². The second-order valence-electron chi connectivity index (χ2n) is 0.625. The van der Waals surface area contributed by atoms with E-state index in [1.165, 1.54) is 26.1 Å². The second kappa shape index (κ2) is 4.86. The largest absolute Gasteiger partial charge is 0.152 e. The minimum absolute atomic E-state index is 1.20. The van der Waals surface area contributed by atoms with Crippen LogP contribution in [0.4, 0.5) is 0 Å². The SMILES string of the molecule is C[Si]P[Si]C. The normalized spacial score (nSPS) is 8.40. The molecule has 0 saturated heterocycles. The van der Waals surface area contributed by atoms with Gasteiger partial charge in [0.2, 0.25) is 0 Å². The van der Waals surface area contributed by atoms with Crippen molar-refractivity contribution in [1.29, 1.82) is 0 Å². The number of hydrogen-bond donors (Lipinski definition) is 0. The Kier molecular flexibility index (Phi) is 5.70. The van der Waals surface area contributed by atoms with Crippen molar-refractivity contribution in [1.82, 2.24) is 0 Å². The van der Waals surface area contributed by atoms with Gasteiger partial charge in [-0.3, -0.25) is 0 Å². The summed E-state index contributed by atoms with van der Waals surface area (Å²) in [5.74, 6) is 0. The summed E-state index contributed by atoms with van der Waals surface area (Å²) in [6.07, 6.45) is 0. The first-order chi connectivity index (χ1) is 2.41. The third-order valence-corrected chi connectivity index (χ3v) is 6.75. The van der Waals surface area contributed by atoms with Crippen LogP contribution in [0.2, 0.25) is 13.1 Å². The van der Waals surface area contributed by atoms with Crippen molar-refractivity contribution in [3.63, 3.8) is 0 Å². The molecule has 28 valence electrons. The highest BCUT2D eigenvalue weighted by atomic mass is 31.6. The van der Waals surface area contributed by atoms with Gasteiger partial charge in [0.15, 0.2) is 0 Å². The second-order valence-corrected chi connectivity index (χ2v) is 7.88. The summed E-state index contributed by atoms with van der Waals surface area (Å²) >= 11 is 0. The Hall–Kier alpha value is 0.864. The minimum atomic E-state index is 1.20. The molecule has 0 aromatic carbocycles. The Balaban J connectivity index is 2.19. The standard InChI is InChI=1S/C2H7PSi2/c1-4-3-5-2/h3H,1-2H3. The highest BCUT2D eigenvalue weighted by Gasteiger charge is 1.71. The van der Waals surface area contributed by atoms with E-state index in [0.29, 0.717) is 0 Å². The van der Waals surface area contributed by atoms with E-state index >= 15 is 0 Å². The van der Waals surface area contributed by atoms with Crippen molar-refractivity contribution in [3.05, 3.63) is 0 Å². The molecule has 0 aliphatic carbocycles. The highest BCUT2D eigenvalue weighted by molar-refractivity contribution is 7.93. The summed E-state index contributed by atoms with van der Waals surface area (Å²) in [5, 5.41) is 0. The van der Waals surface area contributed by atoms with Crippen LogP contribution in [0, 0.1) is 0 Å². The molecule has 0 heterocycles. The minimum Gasteiger partial charge on any atom is -0.152 e. The number of rotatable bonds is 2. The van der Waals surface area contributed by atoms with Gasteiger partial charge in [-0.2, -0.15) is 7.68 Å². The van der Waals surface area contributed by atoms with Gasteiger partial charge in [0.05, 0.1) is 18.4 Å². The fourth-order valence-corrected chi connectivity index (χ4v) is 3.38. The molecule has 0 aromatic heterocycles. The quantitative estimate of drug-likeness (QED) is 0.375. The highest BCUT2D eigenvalue weighted by Crippen LogP contribution is 1.98. The van der Waals surface area contributed by atoms with Gasteiger partial charge in [0.25, 0.3) is 0 Å². The summed E-state index contributed by atoms with van der Waals surface area (Å²) in [6, 6.07) is 0. The molecule has 3 heteroatoms. The molecule has 0 N–H and O–H groups in total. The molecule has 4 radical (unpaired) electrons. The smallest absolute Gasteiger partial charge is 0.0621 e. The lowest BCUT2D eigenvalue weighted by Gasteiger charge is -1.77. The summed E-state index contributed by atoms with van der Waals surface area (Å²) in [5.41, 5.74) is 0. The molecular weight excluding hydrogens is 111 g/mol. The molecule has 0 nitrogen and oxygen atoms in total. The van der Waals surface area contributed by atoms with Crippen LogP contribution in [0.1, 0.15) is 0 Å². The molecule has 0 saturated carbocycles. The molecule has 0 spiro atoms. The summed E-state index contributed by atoms with van der Waals surface area (Å²) in [7, 11) is 3.65. The predicted molar refractivity (Wildman–Crippen MR) is 31.6 cm³/mol. The van der Waals surface area contributed by atoms with Crippen LogP contribution in [-0.2, 0) is 0 Å². The number of hydrogen-bond acceptors (Lipinski definition) is 0. The lowest BCUT2D eigenvalue weighted by molar-refractivity contribution is 2.36. The third-order valence-electron chi connectivity index (χ3n) is 0.250. The Morgan fingerprint density at radius 1 is 1.20 bits per heavy atom. The molecule has 0 bridgehead atoms. The summed E-state index contributed by atoms with van der Waals surface area (Å²) < 4.78 is 0. The van der Waals surface area contributed by atoms with Gasteiger partial charge < -0.3 is 0 Å². The van der Waals surface area contributed by atoms with E-state index in [2.05, 4.69) is 13.1 Å². The maximum atomic E-state index is 2.26. The van der Waals surface area contributed by atoms with Crippen LogP contribution in [0.15, 0.2) is 0 Å². The maximum Gasteiger partial charge on any atom is 0.0621 e. The molecule has 0 amide bonds. The fourth-order valence-electron chi connectivity index (χ4n) is 0.125. The maximum absolute atomic E-state index is 2.26. The fraction of sp³-hybridized carbons (Fsp3) is 1.00. The molecule has 0 unspecified atom stereocenters. The Bertz CT molecular complexity index is 15.1. The van der Waals surface area contributed by atoms with E-state index in [4.69, 9.17) is 0 Å². The molecule has 5 heavy (non-hydrogen) atoms. The molecule has 0 aliphatic rings. The van der Waals surface area contributed by atoms with Gasteiger partial charge in [0.1, 0.15) is 0 Å². The van der Waals surface area contributed by atoms with Gasteiger partial charge in [-0.25, -0.2) is 0 Å². The van der Waals surface area contributed by atoms with Gasteiger partial charge in [0, 0.05) is 0 Å². The zero-order valence-corrected chi connectivity index (χ0v) is 6.50. The van der Waals surface area contributed by atoms with E-state index in [1.807, 2.05) is 0 Å². The van der Waals surface area contributed by atoms with Crippen molar-refractivity contribution in [2.24, 2.45) is 0 Å². The average molecular weight is 118 g/mol. The topological polar surface area (TPSA) is 0 Å². The average Bonchev–Trinajstić information content (AvgIpc) is 1.41. The van der Waals surface area contributed by atoms with E-state index in [9.17, 15) is 0 Å². The van der Waals surface area contributed by atoms with Gasteiger partial charge in [-0.1, -0.05) is 13.1 Å². The van der Waals surface area contributed by atoms with Crippen molar-refractivity contribution >= 4 is 26.1 Å². The molecule has 0 aromatic rings. The van der Waals surface area contributed by atoms with Crippen molar-refractivity contribution < 1.29 is 0 Å². The van der Waals surface area contributed by atoms with E-state index in [-0.39, 0.29) is 0 Å². The van der Waals surface area contributed by atoms with Crippen LogP contribution in [0.25, 0.3) is 0 Å².